The molecule has 1 atom stereocenters. The van der Waals surface area contributed by atoms with Crippen LogP contribution < -0.4 is 0 Å². The molecule has 0 saturated heterocycles. The molecular weight excluding hydrogens is 184 g/mol. The van der Waals surface area contributed by atoms with Gasteiger partial charge in [0.05, 0.1) is 0 Å². The molecule has 0 aliphatic carbocycles. The van der Waals surface area contributed by atoms with Gasteiger partial charge in [-0.25, -0.2) is 0 Å². The summed E-state index contributed by atoms with van der Waals surface area (Å²) < 4.78 is 10.3. The predicted molar refractivity (Wildman–Crippen MR) is 49.5 cm³/mol. The monoisotopic (exact) mass is 200 g/mol. The topological polar surface area (TPSA) is 68.4 Å². The maximum atomic E-state index is 8.76. The van der Waals surface area contributed by atoms with E-state index in [1.54, 1.807) is 0 Å². The van der Waals surface area contributed by atoms with E-state index in [2.05, 4.69) is 17.1 Å². The van der Waals surface area contributed by atoms with Gasteiger partial charge in [-0.15, -0.1) is 0 Å². The molecule has 5 heteroatoms. The lowest BCUT2D eigenvalue weighted by Gasteiger charge is -2.10. The van der Waals surface area contributed by atoms with Gasteiger partial charge in [0.1, 0.15) is 12.7 Å². The van der Waals surface area contributed by atoms with Gasteiger partial charge in [-0.1, -0.05) is 18.5 Å². The lowest BCUT2D eigenvalue weighted by molar-refractivity contribution is 0.0477. The second-order valence-electron chi connectivity index (χ2n) is 2.94. The van der Waals surface area contributed by atoms with Crippen LogP contribution in [0.1, 0.15) is 44.5 Å². The van der Waals surface area contributed by atoms with E-state index < -0.39 is 0 Å². The van der Waals surface area contributed by atoms with Crippen molar-refractivity contribution in [1.29, 1.82) is 0 Å². The van der Waals surface area contributed by atoms with Crippen LogP contribution in [0.4, 0.5) is 0 Å². The summed E-state index contributed by atoms with van der Waals surface area (Å²) in [6, 6.07) is 0. The van der Waals surface area contributed by atoms with Gasteiger partial charge in [0.15, 0.2) is 0 Å². The Labute approximate surface area is 83.1 Å². The van der Waals surface area contributed by atoms with E-state index in [0.29, 0.717) is 12.4 Å². The summed E-state index contributed by atoms with van der Waals surface area (Å²) in [5, 5.41) is 12.5. The Morgan fingerprint density at radius 3 is 2.79 bits per heavy atom. The van der Waals surface area contributed by atoms with E-state index >= 15 is 0 Å². The van der Waals surface area contributed by atoms with E-state index in [-0.39, 0.29) is 18.6 Å². The number of aliphatic hydroxyl groups excluding tert-OH is 1. The van der Waals surface area contributed by atoms with Crippen LogP contribution in [0.3, 0.4) is 0 Å². The van der Waals surface area contributed by atoms with Crippen molar-refractivity contribution in [1.82, 2.24) is 10.1 Å². The normalized spacial score (nSPS) is 13.1. The first-order chi connectivity index (χ1) is 6.81. The Kier molecular flexibility index (Phi) is 4.55. The van der Waals surface area contributed by atoms with Crippen LogP contribution in [0, 0.1) is 0 Å². The van der Waals surface area contributed by atoms with Crippen molar-refractivity contribution in [2.45, 2.75) is 39.4 Å². The van der Waals surface area contributed by atoms with Gasteiger partial charge in [-0.2, -0.15) is 4.98 Å². The second-order valence-corrected chi connectivity index (χ2v) is 2.94. The van der Waals surface area contributed by atoms with Gasteiger partial charge < -0.3 is 14.4 Å². The molecule has 0 saturated carbocycles. The maximum Gasteiger partial charge on any atom is 0.252 e. The number of aromatic nitrogens is 2. The number of hydrogen-bond acceptors (Lipinski definition) is 5. The van der Waals surface area contributed by atoms with Gasteiger partial charge in [-0.05, 0) is 13.3 Å². The lowest BCUT2D eigenvalue weighted by Crippen LogP contribution is -2.06. The van der Waals surface area contributed by atoms with Crippen molar-refractivity contribution in [2.24, 2.45) is 0 Å². The van der Waals surface area contributed by atoms with Crippen LogP contribution in [-0.4, -0.2) is 21.9 Å². The molecule has 0 aliphatic heterocycles. The third-order valence-electron chi connectivity index (χ3n) is 1.83. The molecule has 1 N–H and O–H groups in total. The van der Waals surface area contributed by atoms with Crippen molar-refractivity contribution >= 4 is 0 Å². The van der Waals surface area contributed by atoms with E-state index in [4.69, 9.17) is 14.4 Å². The molecule has 1 aromatic rings. The molecule has 0 radical (unpaired) electrons. The summed E-state index contributed by atoms with van der Waals surface area (Å²) in [5.41, 5.74) is 0. The van der Waals surface area contributed by atoms with Crippen molar-refractivity contribution < 1.29 is 14.4 Å². The lowest BCUT2D eigenvalue weighted by atomic mass is 10.2. The molecule has 0 aliphatic rings. The van der Waals surface area contributed by atoms with Crippen LogP contribution in [-0.2, 0) is 11.3 Å². The molecular formula is C9H16N2O3. The Morgan fingerprint density at radius 1 is 1.50 bits per heavy atom. The van der Waals surface area contributed by atoms with Crippen LogP contribution in [0.2, 0.25) is 0 Å². The highest BCUT2D eigenvalue weighted by Crippen LogP contribution is 2.19. The quantitative estimate of drug-likeness (QED) is 0.752. The maximum absolute atomic E-state index is 8.76. The minimum atomic E-state index is -0.224. The molecule has 1 unspecified atom stereocenters. The van der Waals surface area contributed by atoms with Gasteiger partial charge in [0.2, 0.25) is 5.82 Å². The van der Waals surface area contributed by atoms with E-state index in [0.717, 1.165) is 12.8 Å². The fourth-order valence-corrected chi connectivity index (χ4v) is 1.21. The van der Waals surface area contributed by atoms with Crippen molar-refractivity contribution in [3.8, 4) is 0 Å². The first-order valence-corrected chi connectivity index (χ1v) is 4.86. The molecule has 5 nitrogen and oxygen atoms in total. The Morgan fingerprint density at radius 2 is 2.29 bits per heavy atom. The fraction of sp³-hybridized carbons (Fsp3) is 0.778. The minimum absolute atomic E-state index is 0.117. The highest BCUT2D eigenvalue weighted by Gasteiger charge is 2.17. The molecule has 1 rings (SSSR count). The third-order valence-corrected chi connectivity index (χ3v) is 1.83. The average Bonchev–Trinajstić information content (AvgIpc) is 2.65. The average molecular weight is 200 g/mol. The molecule has 0 amide bonds. The molecule has 1 heterocycles. The van der Waals surface area contributed by atoms with Gasteiger partial charge in [-0.3, -0.25) is 0 Å². The SMILES string of the molecule is CCCC(OCC)c1noc(CO)n1. The number of nitrogens with zero attached hydrogens (tertiary/aromatic N) is 2. The standard InChI is InChI=1S/C9H16N2O3/c1-3-5-7(13-4-2)9-10-8(6-12)14-11-9/h7,12H,3-6H2,1-2H3. The summed E-state index contributed by atoms with van der Waals surface area (Å²) in [7, 11) is 0. The molecule has 0 bridgehead atoms. The molecule has 14 heavy (non-hydrogen) atoms. The summed E-state index contributed by atoms with van der Waals surface area (Å²) in [6.45, 7) is 4.39. The van der Waals surface area contributed by atoms with Gasteiger partial charge in [0.25, 0.3) is 5.89 Å². The number of rotatable bonds is 6. The largest absolute Gasteiger partial charge is 0.387 e. The zero-order valence-electron chi connectivity index (χ0n) is 8.56. The van der Waals surface area contributed by atoms with E-state index in [1.807, 2.05) is 6.92 Å². The first-order valence-electron chi connectivity index (χ1n) is 4.86. The van der Waals surface area contributed by atoms with Crippen molar-refractivity contribution in [2.75, 3.05) is 6.61 Å². The molecule has 0 aromatic carbocycles. The summed E-state index contributed by atoms with van der Waals surface area (Å²) in [4.78, 5) is 4.01. The Bertz CT molecular complexity index is 256. The van der Waals surface area contributed by atoms with Crippen molar-refractivity contribution in [3.63, 3.8) is 0 Å². The summed E-state index contributed by atoms with van der Waals surface area (Å²) >= 11 is 0. The molecule has 1 aromatic heterocycles. The zero-order chi connectivity index (χ0) is 10.4. The van der Waals surface area contributed by atoms with Crippen LogP contribution in [0.15, 0.2) is 4.52 Å². The van der Waals surface area contributed by atoms with Crippen molar-refractivity contribution in [3.05, 3.63) is 11.7 Å². The first kappa shape index (κ1) is 11.1. The summed E-state index contributed by atoms with van der Waals surface area (Å²) in [5.74, 6) is 0.763. The highest BCUT2D eigenvalue weighted by molar-refractivity contribution is 4.90. The summed E-state index contributed by atoms with van der Waals surface area (Å²) in [6.07, 6.45) is 1.74. The zero-order valence-corrected chi connectivity index (χ0v) is 8.56. The molecule has 80 valence electrons. The van der Waals surface area contributed by atoms with Crippen LogP contribution >= 0.6 is 0 Å². The van der Waals surface area contributed by atoms with Gasteiger partial charge >= 0.3 is 0 Å². The van der Waals surface area contributed by atoms with E-state index in [1.165, 1.54) is 0 Å². The van der Waals surface area contributed by atoms with Crippen LogP contribution in [0.5, 0.6) is 0 Å². The smallest absolute Gasteiger partial charge is 0.252 e. The second kappa shape index (κ2) is 5.72. The number of hydrogen-bond donors (Lipinski definition) is 1. The van der Waals surface area contributed by atoms with Crippen LogP contribution in [0.25, 0.3) is 0 Å². The molecule has 0 fully saturated rings. The number of aliphatic hydroxyl groups is 1. The Balaban J connectivity index is 2.65. The minimum Gasteiger partial charge on any atom is -0.387 e. The fourth-order valence-electron chi connectivity index (χ4n) is 1.21. The predicted octanol–water partition coefficient (Wildman–Crippen LogP) is 1.44. The molecule has 0 spiro atoms. The van der Waals surface area contributed by atoms with E-state index in [9.17, 15) is 0 Å². The Hall–Kier alpha value is -0.940. The highest BCUT2D eigenvalue weighted by atomic mass is 16.5. The number of ether oxygens (including phenoxy) is 1. The van der Waals surface area contributed by atoms with Gasteiger partial charge in [0, 0.05) is 6.61 Å². The third kappa shape index (κ3) is 2.78.